The number of carbonyl (C=O) groups excluding carboxylic acids is 3. The Balaban J connectivity index is 1.39. The van der Waals surface area contributed by atoms with Gasteiger partial charge >= 0.3 is 5.97 Å². The van der Waals surface area contributed by atoms with Gasteiger partial charge in [0.1, 0.15) is 0 Å². The molecule has 1 aliphatic rings. The Morgan fingerprint density at radius 3 is 2.24 bits per heavy atom. The van der Waals surface area contributed by atoms with Gasteiger partial charge in [-0.15, -0.1) is 0 Å². The molecule has 0 radical (unpaired) electrons. The fourth-order valence-corrected chi connectivity index (χ4v) is 3.15. The summed E-state index contributed by atoms with van der Waals surface area (Å²) >= 11 is 0. The number of hydrogen-bond donors (Lipinski definition) is 1. The molecule has 1 heterocycles. The molecule has 2 aromatic carbocycles. The maximum absolute atomic E-state index is 12.3. The monoisotopic (exact) mass is 392 g/mol. The molecule has 0 aromatic heterocycles. The quantitative estimate of drug-likeness (QED) is 0.605. The standard InChI is InChI=1S/C23H24N2O4/c26-21(24-20-9-5-2-6-10-20)17-29-23(28)19-13-15-25(16-14-19)22(27)12-11-18-7-3-1-4-8-18/h1-12,19H,13-17H2,(H,24,26)/b12-11+. The minimum absolute atomic E-state index is 0.0668. The van der Waals surface area contributed by atoms with Crippen molar-refractivity contribution in [3.63, 3.8) is 0 Å². The second-order valence-corrected chi connectivity index (χ2v) is 6.87. The number of amides is 2. The summed E-state index contributed by atoms with van der Waals surface area (Å²) in [6, 6.07) is 18.6. The molecule has 1 N–H and O–H groups in total. The van der Waals surface area contributed by atoms with Crippen LogP contribution in [-0.4, -0.2) is 42.4 Å². The van der Waals surface area contributed by atoms with E-state index >= 15 is 0 Å². The summed E-state index contributed by atoms with van der Waals surface area (Å²) in [6.45, 7) is 0.675. The van der Waals surface area contributed by atoms with Gasteiger partial charge in [0.25, 0.3) is 5.91 Å². The number of rotatable bonds is 6. The van der Waals surface area contributed by atoms with Gasteiger partial charge in [-0.05, 0) is 36.6 Å². The number of piperidine rings is 1. The van der Waals surface area contributed by atoms with Crippen molar-refractivity contribution >= 4 is 29.5 Å². The summed E-state index contributed by atoms with van der Waals surface area (Å²) in [4.78, 5) is 38.1. The average molecular weight is 392 g/mol. The highest BCUT2D eigenvalue weighted by atomic mass is 16.5. The number of esters is 1. The Kier molecular flexibility index (Phi) is 7.16. The molecule has 0 atom stereocenters. The Labute approximate surface area is 170 Å². The van der Waals surface area contributed by atoms with Crippen LogP contribution in [0.15, 0.2) is 66.7 Å². The Hall–Kier alpha value is -3.41. The third kappa shape index (κ3) is 6.31. The molecule has 29 heavy (non-hydrogen) atoms. The van der Waals surface area contributed by atoms with Crippen molar-refractivity contribution in [3.05, 3.63) is 72.3 Å². The number of likely N-dealkylation sites (tertiary alicyclic amines) is 1. The van der Waals surface area contributed by atoms with Crippen LogP contribution in [-0.2, 0) is 19.1 Å². The summed E-state index contributed by atoms with van der Waals surface area (Å²) in [5.41, 5.74) is 1.62. The molecular weight excluding hydrogens is 368 g/mol. The average Bonchev–Trinajstić information content (AvgIpc) is 2.77. The lowest BCUT2D eigenvalue weighted by atomic mass is 9.97. The zero-order chi connectivity index (χ0) is 20.5. The Morgan fingerprint density at radius 2 is 1.59 bits per heavy atom. The fourth-order valence-electron chi connectivity index (χ4n) is 3.15. The molecule has 0 saturated carbocycles. The molecule has 2 aromatic rings. The van der Waals surface area contributed by atoms with Crippen molar-refractivity contribution in [2.45, 2.75) is 12.8 Å². The first-order chi connectivity index (χ1) is 14.1. The smallest absolute Gasteiger partial charge is 0.309 e. The first-order valence-corrected chi connectivity index (χ1v) is 9.65. The summed E-state index contributed by atoms with van der Waals surface area (Å²) in [7, 11) is 0. The van der Waals surface area contributed by atoms with Crippen LogP contribution < -0.4 is 5.32 Å². The number of nitrogens with zero attached hydrogens (tertiary/aromatic N) is 1. The molecule has 6 heteroatoms. The number of benzene rings is 2. The van der Waals surface area contributed by atoms with Crippen LogP contribution >= 0.6 is 0 Å². The maximum atomic E-state index is 12.3. The van der Waals surface area contributed by atoms with Crippen LogP contribution in [0.5, 0.6) is 0 Å². The third-order valence-electron chi connectivity index (χ3n) is 4.76. The predicted octanol–water partition coefficient (Wildman–Crippen LogP) is 3.12. The van der Waals surface area contributed by atoms with Crippen LogP contribution in [0.1, 0.15) is 18.4 Å². The minimum Gasteiger partial charge on any atom is -0.455 e. The second-order valence-electron chi connectivity index (χ2n) is 6.87. The summed E-state index contributed by atoms with van der Waals surface area (Å²) in [5.74, 6) is -1.12. The Bertz CT molecular complexity index is 857. The molecule has 150 valence electrons. The van der Waals surface area contributed by atoms with E-state index in [0.29, 0.717) is 31.6 Å². The van der Waals surface area contributed by atoms with E-state index in [1.807, 2.05) is 48.5 Å². The number of carbonyl (C=O) groups is 3. The molecule has 0 spiro atoms. The zero-order valence-electron chi connectivity index (χ0n) is 16.1. The fraction of sp³-hybridized carbons (Fsp3) is 0.261. The lowest BCUT2D eigenvalue weighted by Gasteiger charge is -2.30. The lowest BCUT2D eigenvalue weighted by Crippen LogP contribution is -2.40. The molecule has 1 fully saturated rings. The maximum Gasteiger partial charge on any atom is 0.309 e. The topological polar surface area (TPSA) is 75.7 Å². The highest BCUT2D eigenvalue weighted by molar-refractivity contribution is 5.93. The third-order valence-corrected chi connectivity index (χ3v) is 4.76. The largest absolute Gasteiger partial charge is 0.455 e. The molecule has 0 aliphatic carbocycles. The van der Waals surface area contributed by atoms with E-state index in [9.17, 15) is 14.4 Å². The highest BCUT2D eigenvalue weighted by Gasteiger charge is 2.28. The van der Waals surface area contributed by atoms with Crippen LogP contribution in [0.3, 0.4) is 0 Å². The number of ether oxygens (including phenoxy) is 1. The molecule has 0 unspecified atom stereocenters. The van der Waals surface area contributed by atoms with Crippen LogP contribution in [0, 0.1) is 5.92 Å². The van der Waals surface area contributed by atoms with E-state index in [1.54, 1.807) is 29.2 Å². The van der Waals surface area contributed by atoms with E-state index in [4.69, 9.17) is 4.74 Å². The number of anilines is 1. The van der Waals surface area contributed by atoms with E-state index in [1.165, 1.54) is 0 Å². The van der Waals surface area contributed by atoms with Crippen molar-refractivity contribution in [2.24, 2.45) is 5.92 Å². The number of hydrogen-bond acceptors (Lipinski definition) is 4. The summed E-state index contributed by atoms with van der Waals surface area (Å²) in [6.07, 6.45) is 4.41. The molecule has 2 amide bonds. The van der Waals surface area contributed by atoms with E-state index in [0.717, 1.165) is 5.56 Å². The van der Waals surface area contributed by atoms with Gasteiger partial charge in [0.2, 0.25) is 5.91 Å². The van der Waals surface area contributed by atoms with E-state index in [2.05, 4.69) is 5.32 Å². The van der Waals surface area contributed by atoms with Crippen molar-refractivity contribution in [1.82, 2.24) is 4.90 Å². The van der Waals surface area contributed by atoms with Gasteiger partial charge in [-0.2, -0.15) is 0 Å². The number of para-hydroxylation sites is 1. The van der Waals surface area contributed by atoms with Crippen molar-refractivity contribution < 1.29 is 19.1 Å². The van der Waals surface area contributed by atoms with Gasteiger partial charge in [0.15, 0.2) is 6.61 Å². The highest BCUT2D eigenvalue weighted by Crippen LogP contribution is 2.19. The van der Waals surface area contributed by atoms with E-state index < -0.39 is 0 Å². The molecular formula is C23H24N2O4. The number of nitrogens with one attached hydrogen (secondary N) is 1. The predicted molar refractivity (Wildman–Crippen MR) is 111 cm³/mol. The van der Waals surface area contributed by atoms with Crippen molar-refractivity contribution in [3.8, 4) is 0 Å². The second kappa shape index (κ2) is 10.2. The van der Waals surface area contributed by atoms with Gasteiger partial charge < -0.3 is 15.0 Å². The van der Waals surface area contributed by atoms with Crippen LogP contribution in [0.25, 0.3) is 6.08 Å². The van der Waals surface area contributed by atoms with Gasteiger partial charge in [0, 0.05) is 24.9 Å². The lowest BCUT2D eigenvalue weighted by molar-refractivity contribution is -0.153. The molecule has 0 bridgehead atoms. The normalized spacial score (nSPS) is 14.6. The van der Waals surface area contributed by atoms with Gasteiger partial charge in [-0.1, -0.05) is 48.5 Å². The first-order valence-electron chi connectivity index (χ1n) is 9.65. The first kappa shape index (κ1) is 20.3. The summed E-state index contributed by atoms with van der Waals surface area (Å²) < 4.78 is 5.15. The minimum atomic E-state index is -0.389. The van der Waals surface area contributed by atoms with Gasteiger partial charge in [0.05, 0.1) is 5.92 Å². The molecule has 1 saturated heterocycles. The van der Waals surface area contributed by atoms with Crippen molar-refractivity contribution in [2.75, 3.05) is 25.0 Å². The Morgan fingerprint density at radius 1 is 0.966 bits per heavy atom. The van der Waals surface area contributed by atoms with Crippen LogP contribution in [0.4, 0.5) is 5.69 Å². The SMILES string of the molecule is O=C(COC(=O)C1CCN(C(=O)/C=C/c2ccccc2)CC1)Nc1ccccc1. The van der Waals surface area contributed by atoms with Crippen LogP contribution in [0.2, 0.25) is 0 Å². The molecule has 3 rings (SSSR count). The van der Waals surface area contributed by atoms with E-state index in [-0.39, 0.29) is 30.3 Å². The molecule has 6 nitrogen and oxygen atoms in total. The molecule has 1 aliphatic heterocycles. The summed E-state index contributed by atoms with van der Waals surface area (Å²) in [5, 5.41) is 2.67. The van der Waals surface area contributed by atoms with Crippen molar-refractivity contribution in [1.29, 1.82) is 0 Å². The van der Waals surface area contributed by atoms with Gasteiger partial charge in [-0.25, -0.2) is 0 Å². The van der Waals surface area contributed by atoms with Gasteiger partial charge in [-0.3, -0.25) is 14.4 Å². The zero-order valence-corrected chi connectivity index (χ0v) is 16.1.